The summed E-state index contributed by atoms with van der Waals surface area (Å²) in [6.07, 6.45) is 1.75. The van der Waals surface area contributed by atoms with Crippen LogP contribution >= 0.6 is 0 Å². The number of carbonyl (C=O) groups is 1. The highest BCUT2D eigenvalue weighted by Gasteiger charge is 2.34. The number of imidazole rings is 1. The van der Waals surface area contributed by atoms with Gasteiger partial charge in [0.1, 0.15) is 11.9 Å². The van der Waals surface area contributed by atoms with Gasteiger partial charge in [-0.15, -0.1) is 0 Å². The van der Waals surface area contributed by atoms with E-state index in [1.54, 1.807) is 4.90 Å². The lowest BCUT2D eigenvalue weighted by atomic mass is 10.2. The van der Waals surface area contributed by atoms with Crippen LogP contribution in [0.25, 0.3) is 11.0 Å². The predicted octanol–water partition coefficient (Wildman–Crippen LogP) is 3.13. The molecule has 0 aliphatic carbocycles. The summed E-state index contributed by atoms with van der Waals surface area (Å²) in [4.78, 5) is 23.6. The molecule has 3 heterocycles. The van der Waals surface area contributed by atoms with Gasteiger partial charge in [-0.1, -0.05) is 31.1 Å². The van der Waals surface area contributed by atoms with E-state index in [2.05, 4.69) is 20.4 Å². The molecule has 0 radical (unpaired) electrons. The van der Waals surface area contributed by atoms with Gasteiger partial charge in [-0.3, -0.25) is 0 Å². The highest BCUT2D eigenvalue weighted by atomic mass is 16.5. The van der Waals surface area contributed by atoms with Crippen LogP contribution in [0, 0.1) is 0 Å². The van der Waals surface area contributed by atoms with Crippen molar-refractivity contribution in [3.05, 3.63) is 41.8 Å². The molecule has 3 aromatic rings. The van der Waals surface area contributed by atoms with Gasteiger partial charge in [-0.25, -0.2) is 9.78 Å². The summed E-state index contributed by atoms with van der Waals surface area (Å²) in [7, 11) is 1.96. The molecule has 8 nitrogen and oxygen atoms in total. The molecule has 1 atom stereocenters. The number of urea groups is 1. The molecule has 1 unspecified atom stereocenters. The lowest BCUT2D eigenvalue weighted by Gasteiger charge is -2.22. The van der Waals surface area contributed by atoms with Crippen LogP contribution in [0.2, 0.25) is 0 Å². The van der Waals surface area contributed by atoms with Crippen LogP contribution in [0.4, 0.5) is 4.79 Å². The van der Waals surface area contributed by atoms with E-state index in [1.165, 1.54) is 0 Å². The maximum atomic E-state index is 12.8. The lowest BCUT2D eigenvalue weighted by Crippen LogP contribution is -2.39. The number of aromatic nitrogens is 4. The minimum Gasteiger partial charge on any atom is -0.337 e. The van der Waals surface area contributed by atoms with Gasteiger partial charge >= 0.3 is 6.03 Å². The molecule has 1 aliphatic rings. The quantitative estimate of drug-likeness (QED) is 0.764. The van der Waals surface area contributed by atoms with E-state index in [1.807, 2.05) is 49.7 Å². The Balaban J connectivity index is 1.45. The van der Waals surface area contributed by atoms with Crippen LogP contribution in [-0.2, 0) is 13.6 Å². The molecule has 1 fully saturated rings. The van der Waals surface area contributed by atoms with Crippen LogP contribution in [0.3, 0.4) is 0 Å². The highest BCUT2D eigenvalue weighted by molar-refractivity contribution is 5.77. The molecular formula is C19H24N6O2. The molecular weight excluding hydrogens is 344 g/mol. The van der Waals surface area contributed by atoms with Gasteiger partial charge in [0.25, 0.3) is 0 Å². The molecule has 2 amide bonds. The first kappa shape index (κ1) is 17.5. The minimum atomic E-state index is -0.162. The molecule has 0 spiro atoms. The molecule has 1 N–H and O–H groups in total. The van der Waals surface area contributed by atoms with E-state index in [9.17, 15) is 4.79 Å². The molecule has 1 aliphatic heterocycles. The summed E-state index contributed by atoms with van der Waals surface area (Å²) in [6, 6.07) is 7.64. The maximum absolute atomic E-state index is 12.8. The fourth-order valence-electron chi connectivity index (χ4n) is 3.49. The third-order valence-corrected chi connectivity index (χ3v) is 5.05. The highest BCUT2D eigenvalue weighted by Crippen LogP contribution is 2.31. The second kappa shape index (κ2) is 7.02. The number of carbonyl (C=O) groups excluding carboxylic acids is 1. The van der Waals surface area contributed by atoms with Crippen LogP contribution in [0.15, 0.2) is 28.8 Å². The van der Waals surface area contributed by atoms with Gasteiger partial charge in [-0.2, -0.15) is 4.98 Å². The van der Waals surface area contributed by atoms with Crippen LogP contribution in [0.5, 0.6) is 0 Å². The molecule has 2 aromatic heterocycles. The number of para-hydroxylation sites is 2. The van der Waals surface area contributed by atoms with Crippen molar-refractivity contribution in [2.45, 2.75) is 45.2 Å². The number of amides is 2. The molecule has 27 heavy (non-hydrogen) atoms. The zero-order valence-corrected chi connectivity index (χ0v) is 15.8. The summed E-state index contributed by atoms with van der Waals surface area (Å²) in [5.41, 5.74) is 1.98. The van der Waals surface area contributed by atoms with Crippen molar-refractivity contribution in [1.82, 2.24) is 29.9 Å². The maximum Gasteiger partial charge on any atom is 0.318 e. The van der Waals surface area contributed by atoms with E-state index in [-0.39, 0.29) is 18.0 Å². The number of aryl methyl sites for hydroxylation is 1. The number of hydrogen-bond donors (Lipinski definition) is 1. The molecule has 1 saturated heterocycles. The van der Waals surface area contributed by atoms with Crippen molar-refractivity contribution in [1.29, 1.82) is 0 Å². The van der Waals surface area contributed by atoms with Gasteiger partial charge in [0.15, 0.2) is 5.82 Å². The molecule has 0 bridgehead atoms. The Labute approximate surface area is 157 Å². The van der Waals surface area contributed by atoms with Gasteiger partial charge in [0, 0.05) is 19.5 Å². The van der Waals surface area contributed by atoms with Crippen molar-refractivity contribution >= 4 is 17.1 Å². The summed E-state index contributed by atoms with van der Waals surface area (Å²) in [5.74, 6) is 2.22. The van der Waals surface area contributed by atoms with E-state index in [0.717, 1.165) is 29.7 Å². The number of fused-ring (bicyclic) bond motifs is 1. The number of hydrogen-bond acceptors (Lipinski definition) is 5. The molecule has 142 valence electrons. The second-order valence-electron chi connectivity index (χ2n) is 7.23. The monoisotopic (exact) mass is 368 g/mol. The fraction of sp³-hybridized carbons (Fsp3) is 0.474. The molecule has 1 aromatic carbocycles. The number of nitrogens with one attached hydrogen (secondary N) is 1. The van der Waals surface area contributed by atoms with Crippen LogP contribution in [-0.4, -0.2) is 37.2 Å². The Bertz CT molecular complexity index is 960. The topological polar surface area (TPSA) is 89.1 Å². The van der Waals surface area contributed by atoms with E-state index in [4.69, 9.17) is 4.52 Å². The average molecular weight is 368 g/mol. The van der Waals surface area contributed by atoms with E-state index in [0.29, 0.717) is 24.8 Å². The Morgan fingerprint density at radius 1 is 1.33 bits per heavy atom. The largest absolute Gasteiger partial charge is 0.337 e. The zero-order chi connectivity index (χ0) is 19.0. The first-order valence-corrected chi connectivity index (χ1v) is 9.33. The number of rotatable bonds is 4. The molecule has 8 heteroatoms. The molecule has 4 rings (SSSR count). The second-order valence-corrected chi connectivity index (χ2v) is 7.23. The van der Waals surface area contributed by atoms with Crippen molar-refractivity contribution in [3.8, 4) is 0 Å². The third kappa shape index (κ3) is 3.27. The summed E-state index contributed by atoms with van der Waals surface area (Å²) >= 11 is 0. The fourth-order valence-corrected chi connectivity index (χ4v) is 3.49. The van der Waals surface area contributed by atoms with Crippen LogP contribution < -0.4 is 5.32 Å². The van der Waals surface area contributed by atoms with Gasteiger partial charge in [0.05, 0.1) is 17.6 Å². The summed E-state index contributed by atoms with van der Waals surface area (Å²) < 4.78 is 7.42. The van der Waals surface area contributed by atoms with Crippen molar-refractivity contribution in [3.63, 3.8) is 0 Å². The normalized spacial score (nSPS) is 17.2. The Morgan fingerprint density at radius 2 is 2.15 bits per heavy atom. The number of benzene rings is 1. The van der Waals surface area contributed by atoms with E-state index >= 15 is 0 Å². The predicted molar refractivity (Wildman–Crippen MR) is 100 cm³/mol. The Hall–Kier alpha value is -2.90. The summed E-state index contributed by atoms with van der Waals surface area (Å²) in [5, 5.41) is 7.01. The third-order valence-electron chi connectivity index (χ3n) is 5.05. The number of likely N-dealkylation sites (tertiary alicyclic amines) is 1. The SMILES string of the molecule is CC(C)c1noc(C2CCCN2C(=O)NCc2nc3ccccc3n2C)n1. The van der Waals surface area contributed by atoms with Gasteiger partial charge < -0.3 is 19.3 Å². The molecule has 0 saturated carbocycles. The summed E-state index contributed by atoms with van der Waals surface area (Å²) in [6.45, 7) is 5.09. The van der Waals surface area contributed by atoms with Crippen molar-refractivity contribution < 1.29 is 9.32 Å². The Morgan fingerprint density at radius 3 is 2.89 bits per heavy atom. The number of nitrogens with zero attached hydrogens (tertiary/aromatic N) is 5. The zero-order valence-electron chi connectivity index (χ0n) is 15.8. The average Bonchev–Trinajstić information content (AvgIpc) is 3.38. The first-order valence-electron chi connectivity index (χ1n) is 9.33. The van der Waals surface area contributed by atoms with Gasteiger partial charge in [-0.05, 0) is 25.0 Å². The van der Waals surface area contributed by atoms with Crippen molar-refractivity contribution in [2.24, 2.45) is 7.05 Å². The standard InChI is InChI=1S/C19H24N6O2/c1-12(2)17-22-18(27-23-17)15-9-6-10-25(15)19(26)20-11-16-21-13-7-4-5-8-14(13)24(16)3/h4-5,7-8,12,15H,6,9-11H2,1-3H3,(H,20,26). The first-order chi connectivity index (χ1) is 13.0. The Kier molecular flexibility index (Phi) is 4.55. The minimum absolute atomic E-state index is 0.131. The van der Waals surface area contributed by atoms with Gasteiger partial charge in [0.2, 0.25) is 5.89 Å². The van der Waals surface area contributed by atoms with Crippen LogP contribution in [0.1, 0.15) is 56.2 Å². The smallest absolute Gasteiger partial charge is 0.318 e. The lowest BCUT2D eigenvalue weighted by molar-refractivity contribution is 0.179. The van der Waals surface area contributed by atoms with Crippen molar-refractivity contribution in [2.75, 3.05) is 6.54 Å². The van der Waals surface area contributed by atoms with E-state index < -0.39 is 0 Å².